The molecule has 100 valence electrons. The number of ether oxygens (including phenoxy) is 1. The molecule has 0 radical (unpaired) electrons. The lowest BCUT2D eigenvalue weighted by Crippen LogP contribution is -2.09. The highest BCUT2D eigenvalue weighted by Crippen LogP contribution is 2.13. The number of hydrogen-bond donors (Lipinski definition) is 2. The van der Waals surface area contributed by atoms with Crippen molar-refractivity contribution in [2.45, 2.75) is 13.1 Å². The average molecular weight is 280 g/mol. The molecule has 0 bridgehead atoms. The van der Waals surface area contributed by atoms with Crippen molar-refractivity contribution < 1.29 is 4.74 Å². The Kier molecular flexibility index (Phi) is 4.48. The maximum absolute atomic E-state index is 5.77. The maximum atomic E-state index is 5.77. The third-order valence-corrected chi connectivity index (χ3v) is 2.71. The van der Waals surface area contributed by atoms with Gasteiger partial charge in [-0.2, -0.15) is 15.0 Å². The van der Waals surface area contributed by atoms with E-state index in [0.29, 0.717) is 19.0 Å². The maximum Gasteiger partial charge on any atom is 0.322 e. The number of halogens is 1. The van der Waals surface area contributed by atoms with Gasteiger partial charge in [0, 0.05) is 13.1 Å². The highest BCUT2D eigenvalue weighted by Gasteiger charge is 2.06. The monoisotopic (exact) mass is 279 g/mol. The number of anilines is 1. The summed E-state index contributed by atoms with van der Waals surface area (Å²) in [6.07, 6.45) is 0. The van der Waals surface area contributed by atoms with Crippen LogP contribution < -0.4 is 15.8 Å². The number of nitrogens with one attached hydrogen (secondary N) is 1. The van der Waals surface area contributed by atoms with Crippen LogP contribution in [0.25, 0.3) is 0 Å². The molecule has 0 fully saturated rings. The molecular weight excluding hydrogens is 266 g/mol. The van der Waals surface area contributed by atoms with Gasteiger partial charge in [0.25, 0.3) is 0 Å². The summed E-state index contributed by atoms with van der Waals surface area (Å²) in [6, 6.07) is 8.06. The second-order valence-corrected chi connectivity index (χ2v) is 4.08. The van der Waals surface area contributed by atoms with Crippen molar-refractivity contribution in [2.75, 3.05) is 12.4 Å². The average Bonchev–Trinajstić information content (AvgIpc) is 2.44. The van der Waals surface area contributed by atoms with Crippen molar-refractivity contribution in [3.05, 3.63) is 40.7 Å². The summed E-state index contributed by atoms with van der Waals surface area (Å²) >= 11 is 5.77. The predicted molar refractivity (Wildman–Crippen MR) is 73.0 cm³/mol. The van der Waals surface area contributed by atoms with Gasteiger partial charge < -0.3 is 15.8 Å². The van der Waals surface area contributed by atoms with E-state index in [2.05, 4.69) is 20.3 Å². The molecule has 1 aromatic carbocycles. The summed E-state index contributed by atoms with van der Waals surface area (Å²) in [6.45, 7) is 1.04. The topological polar surface area (TPSA) is 86.0 Å². The van der Waals surface area contributed by atoms with Crippen LogP contribution in [0, 0.1) is 0 Å². The van der Waals surface area contributed by atoms with Gasteiger partial charge in [-0.05, 0) is 22.7 Å². The minimum atomic E-state index is 0.0847. The number of nitrogens with two attached hydrogens (primary N) is 1. The summed E-state index contributed by atoms with van der Waals surface area (Å²) in [5.74, 6) is 0.365. The first-order valence-electron chi connectivity index (χ1n) is 5.69. The van der Waals surface area contributed by atoms with Crippen molar-refractivity contribution in [3.8, 4) is 6.01 Å². The van der Waals surface area contributed by atoms with Crippen LogP contribution >= 0.6 is 11.6 Å². The summed E-state index contributed by atoms with van der Waals surface area (Å²) in [4.78, 5) is 11.8. The molecule has 2 aromatic rings. The molecule has 0 saturated carbocycles. The number of nitrogens with zero attached hydrogens (tertiary/aromatic N) is 3. The molecule has 1 aromatic heterocycles. The van der Waals surface area contributed by atoms with E-state index in [1.807, 2.05) is 24.3 Å². The molecule has 0 aliphatic rings. The molecule has 7 heteroatoms. The zero-order chi connectivity index (χ0) is 13.7. The standard InChI is InChI=1S/C12H14ClN5O/c1-19-12-17-10(13)16-11(18-12)15-7-9-5-3-2-4-8(9)6-14/h2-5H,6-7,14H2,1H3,(H,15,16,17,18). The van der Waals surface area contributed by atoms with Gasteiger partial charge in [-0.1, -0.05) is 24.3 Å². The molecule has 0 spiro atoms. The summed E-state index contributed by atoms with van der Waals surface area (Å²) in [5.41, 5.74) is 7.83. The minimum absolute atomic E-state index is 0.0847. The van der Waals surface area contributed by atoms with Crippen LogP contribution in [0.1, 0.15) is 11.1 Å². The van der Waals surface area contributed by atoms with Crippen LogP contribution in [0.15, 0.2) is 24.3 Å². The summed E-state index contributed by atoms with van der Waals surface area (Å²) < 4.78 is 4.93. The second-order valence-electron chi connectivity index (χ2n) is 3.74. The van der Waals surface area contributed by atoms with Crippen molar-refractivity contribution in [2.24, 2.45) is 5.73 Å². The number of aromatic nitrogens is 3. The van der Waals surface area contributed by atoms with Gasteiger partial charge >= 0.3 is 6.01 Å². The molecule has 0 unspecified atom stereocenters. The third-order valence-electron chi connectivity index (χ3n) is 2.55. The van der Waals surface area contributed by atoms with Crippen LogP contribution in [0.4, 0.5) is 5.95 Å². The molecule has 6 nitrogen and oxygen atoms in total. The zero-order valence-electron chi connectivity index (χ0n) is 10.4. The molecule has 0 aliphatic heterocycles. The Morgan fingerprint density at radius 1 is 1.21 bits per heavy atom. The highest BCUT2D eigenvalue weighted by atomic mass is 35.5. The molecule has 0 amide bonds. The van der Waals surface area contributed by atoms with E-state index in [1.54, 1.807) is 0 Å². The molecule has 0 saturated heterocycles. The van der Waals surface area contributed by atoms with Gasteiger partial charge in [0.15, 0.2) is 0 Å². The highest BCUT2D eigenvalue weighted by molar-refractivity contribution is 6.28. The minimum Gasteiger partial charge on any atom is -0.467 e. The summed E-state index contributed by atoms with van der Waals surface area (Å²) in [7, 11) is 1.47. The van der Waals surface area contributed by atoms with Crippen LogP contribution in [0.2, 0.25) is 5.28 Å². The lowest BCUT2D eigenvalue weighted by molar-refractivity contribution is 0.379. The number of rotatable bonds is 5. The van der Waals surface area contributed by atoms with Gasteiger partial charge in [-0.15, -0.1) is 0 Å². The Labute approximate surface area is 116 Å². The van der Waals surface area contributed by atoms with E-state index in [9.17, 15) is 0 Å². The molecule has 1 heterocycles. The van der Waals surface area contributed by atoms with Gasteiger partial charge in [0.2, 0.25) is 11.2 Å². The number of benzene rings is 1. The lowest BCUT2D eigenvalue weighted by Gasteiger charge is -2.09. The van der Waals surface area contributed by atoms with Crippen molar-refractivity contribution in [1.29, 1.82) is 0 Å². The van der Waals surface area contributed by atoms with Crippen molar-refractivity contribution in [1.82, 2.24) is 15.0 Å². The van der Waals surface area contributed by atoms with Gasteiger partial charge in [-0.3, -0.25) is 0 Å². The first-order valence-corrected chi connectivity index (χ1v) is 6.07. The fraction of sp³-hybridized carbons (Fsp3) is 0.250. The molecule has 0 atom stereocenters. The first-order chi connectivity index (χ1) is 9.22. The smallest absolute Gasteiger partial charge is 0.322 e. The third kappa shape index (κ3) is 3.52. The van der Waals surface area contributed by atoms with Gasteiger partial charge in [0.1, 0.15) is 0 Å². The number of methoxy groups -OCH3 is 1. The molecule has 19 heavy (non-hydrogen) atoms. The van der Waals surface area contributed by atoms with Crippen LogP contribution in [0.3, 0.4) is 0 Å². The van der Waals surface area contributed by atoms with E-state index in [-0.39, 0.29) is 11.3 Å². The SMILES string of the molecule is COc1nc(Cl)nc(NCc2ccccc2CN)n1. The molecule has 2 rings (SSSR count). The van der Waals surface area contributed by atoms with Crippen LogP contribution in [-0.4, -0.2) is 22.1 Å². The zero-order valence-corrected chi connectivity index (χ0v) is 11.2. The number of hydrogen-bond acceptors (Lipinski definition) is 6. The van der Waals surface area contributed by atoms with E-state index >= 15 is 0 Å². The fourth-order valence-electron chi connectivity index (χ4n) is 1.61. The molecule has 3 N–H and O–H groups in total. The van der Waals surface area contributed by atoms with Crippen molar-refractivity contribution in [3.63, 3.8) is 0 Å². The Bertz CT molecular complexity index is 564. The fourth-order valence-corrected chi connectivity index (χ4v) is 1.76. The van der Waals surface area contributed by atoms with E-state index in [4.69, 9.17) is 22.1 Å². The van der Waals surface area contributed by atoms with E-state index < -0.39 is 0 Å². The normalized spacial score (nSPS) is 10.3. The lowest BCUT2D eigenvalue weighted by atomic mass is 10.1. The predicted octanol–water partition coefficient (Wildman–Crippen LogP) is 1.60. The summed E-state index contributed by atoms with van der Waals surface area (Å²) in [5, 5.41) is 3.15. The quantitative estimate of drug-likeness (QED) is 0.865. The Hall–Kier alpha value is -1.92. The Balaban J connectivity index is 2.12. The molecular formula is C12H14ClN5O. The van der Waals surface area contributed by atoms with E-state index in [1.165, 1.54) is 7.11 Å². The molecule has 0 aliphatic carbocycles. The van der Waals surface area contributed by atoms with Gasteiger partial charge in [0.05, 0.1) is 7.11 Å². The van der Waals surface area contributed by atoms with E-state index in [0.717, 1.165) is 11.1 Å². The second kappa shape index (κ2) is 6.31. The largest absolute Gasteiger partial charge is 0.467 e. The van der Waals surface area contributed by atoms with Crippen LogP contribution in [0.5, 0.6) is 6.01 Å². The van der Waals surface area contributed by atoms with Crippen LogP contribution in [-0.2, 0) is 13.1 Å². The van der Waals surface area contributed by atoms with Crippen molar-refractivity contribution >= 4 is 17.5 Å². The first kappa shape index (κ1) is 13.5. The Morgan fingerprint density at radius 2 is 1.95 bits per heavy atom. The Morgan fingerprint density at radius 3 is 2.63 bits per heavy atom. The van der Waals surface area contributed by atoms with Gasteiger partial charge in [-0.25, -0.2) is 0 Å².